The molecule has 2 aromatic rings. The fraction of sp³-hybridized carbons (Fsp3) is 0.455. The number of hydrogen-bond acceptors (Lipinski definition) is 3. The van der Waals surface area contributed by atoms with Gasteiger partial charge in [0.05, 0.1) is 6.26 Å². The Labute approximate surface area is 165 Å². The Balaban J connectivity index is 1.29. The minimum atomic E-state index is -0.0778. The van der Waals surface area contributed by atoms with Crippen LogP contribution in [0.4, 0.5) is 4.79 Å². The van der Waals surface area contributed by atoms with Crippen LogP contribution >= 0.6 is 0 Å². The second kappa shape index (κ2) is 8.09. The lowest BCUT2D eigenvalue weighted by molar-refractivity contribution is -0.120. The highest BCUT2D eigenvalue weighted by Gasteiger charge is 2.40. The van der Waals surface area contributed by atoms with Gasteiger partial charge in [0, 0.05) is 37.5 Å². The Kier molecular flexibility index (Phi) is 5.37. The predicted octanol–water partition coefficient (Wildman–Crippen LogP) is 3.26. The van der Waals surface area contributed by atoms with Crippen LogP contribution in [0.3, 0.4) is 0 Å². The second-order valence-corrected chi connectivity index (χ2v) is 7.81. The maximum atomic E-state index is 12.6. The second-order valence-electron chi connectivity index (χ2n) is 7.81. The van der Waals surface area contributed by atoms with Gasteiger partial charge in [-0.25, -0.2) is 4.79 Å². The molecule has 0 aliphatic carbocycles. The summed E-state index contributed by atoms with van der Waals surface area (Å²) in [6, 6.07) is 14.1. The van der Waals surface area contributed by atoms with Crippen LogP contribution in [0.5, 0.6) is 0 Å². The average Bonchev–Trinajstić information content (AvgIpc) is 3.37. The number of nitrogens with one attached hydrogen (secondary N) is 2. The number of amides is 3. The Bertz CT molecular complexity index is 796. The van der Waals surface area contributed by atoms with Crippen molar-refractivity contribution in [3.05, 3.63) is 60.1 Å². The Morgan fingerprint density at radius 3 is 2.57 bits per heavy atom. The summed E-state index contributed by atoms with van der Waals surface area (Å²) in [5.74, 6) is 1.18. The first kappa shape index (κ1) is 18.6. The van der Waals surface area contributed by atoms with E-state index in [1.165, 1.54) is 5.56 Å². The zero-order valence-corrected chi connectivity index (χ0v) is 16.0. The third-order valence-corrected chi connectivity index (χ3v) is 6.04. The highest BCUT2D eigenvalue weighted by atomic mass is 16.3. The molecule has 4 rings (SSSR count). The van der Waals surface area contributed by atoms with E-state index in [-0.39, 0.29) is 23.4 Å². The highest BCUT2D eigenvalue weighted by Crippen LogP contribution is 2.31. The Morgan fingerprint density at radius 2 is 1.93 bits per heavy atom. The first-order chi connectivity index (χ1) is 13.7. The van der Waals surface area contributed by atoms with Crippen molar-refractivity contribution >= 4 is 11.9 Å². The zero-order valence-electron chi connectivity index (χ0n) is 16.0. The number of nitrogens with zero attached hydrogens (tertiary/aromatic N) is 1. The van der Waals surface area contributed by atoms with Crippen LogP contribution in [0, 0.1) is 0 Å². The lowest BCUT2D eigenvalue weighted by Crippen LogP contribution is -2.54. The van der Waals surface area contributed by atoms with Crippen molar-refractivity contribution in [2.75, 3.05) is 19.6 Å². The van der Waals surface area contributed by atoms with E-state index in [1.807, 2.05) is 35.2 Å². The van der Waals surface area contributed by atoms with Crippen molar-refractivity contribution in [1.29, 1.82) is 0 Å². The van der Waals surface area contributed by atoms with Gasteiger partial charge in [0.2, 0.25) is 5.91 Å². The molecule has 2 fully saturated rings. The molecule has 6 heteroatoms. The summed E-state index contributed by atoms with van der Waals surface area (Å²) in [5, 5.41) is 6.17. The van der Waals surface area contributed by atoms with Gasteiger partial charge in [0.25, 0.3) is 0 Å². The zero-order chi connectivity index (χ0) is 19.4. The topological polar surface area (TPSA) is 74.6 Å². The van der Waals surface area contributed by atoms with Crippen molar-refractivity contribution in [3.8, 4) is 0 Å². The summed E-state index contributed by atoms with van der Waals surface area (Å²) < 4.78 is 5.63. The van der Waals surface area contributed by atoms with E-state index in [9.17, 15) is 9.59 Å². The number of likely N-dealkylation sites (tertiary alicyclic amines) is 1. The molecule has 1 spiro atoms. The normalized spacial score (nSPS) is 19.4. The smallest absolute Gasteiger partial charge is 0.317 e. The van der Waals surface area contributed by atoms with E-state index in [1.54, 1.807) is 6.26 Å². The molecule has 0 saturated carbocycles. The van der Waals surface area contributed by atoms with E-state index >= 15 is 0 Å². The van der Waals surface area contributed by atoms with Crippen LogP contribution in [0.15, 0.2) is 53.1 Å². The van der Waals surface area contributed by atoms with Crippen molar-refractivity contribution in [1.82, 2.24) is 15.5 Å². The Hall–Kier alpha value is -2.76. The highest BCUT2D eigenvalue weighted by molar-refractivity contribution is 5.79. The first-order valence-electron chi connectivity index (χ1n) is 10.1. The van der Waals surface area contributed by atoms with Crippen LogP contribution in [0.25, 0.3) is 0 Å². The molecule has 6 nitrogen and oxygen atoms in total. The summed E-state index contributed by atoms with van der Waals surface area (Å²) in [6.07, 6.45) is 5.64. The van der Waals surface area contributed by atoms with Crippen molar-refractivity contribution < 1.29 is 14.0 Å². The molecule has 0 unspecified atom stereocenters. The molecule has 1 atom stereocenters. The summed E-state index contributed by atoms with van der Waals surface area (Å²) in [5.41, 5.74) is 1.11. The molecule has 0 radical (unpaired) electrons. The number of urea groups is 1. The minimum Gasteiger partial charge on any atom is -0.469 e. The maximum Gasteiger partial charge on any atom is 0.317 e. The fourth-order valence-corrected chi connectivity index (χ4v) is 4.37. The van der Waals surface area contributed by atoms with Crippen molar-refractivity contribution in [3.63, 3.8) is 0 Å². The maximum absolute atomic E-state index is 12.6. The summed E-state index contributed by atoms with van der Waals surface area (Å²) >= 11 is 0. The van der Waals surface area contributed by atoms with Gasteiger partial charge in [-0.1, -0.05) is 30.3 Å². The third kappa shape index (κ3) is 4.06. The van der Waals surface area contributed by atoms with Gasteiger partial charge in [0.1, 0.15) is 5.76 Å². The van der Waals surface area contributed by atoms with Crippen LogP contribution < -0.4 is 10.6 Å². The quantitative estimate of drug-likeness (QED) is 0.835. The van der Waals surface area contributed by atoms with E-state index in [4.69, 9.17) is 4.42 Å². The van der Waals surface area contributed by atoms with Crippen LogP contribution in [-0.2, 0) is 4.79 Å². The molecule has 2 aliphatic rings. The average molecular weight is 381 g/mol. The lowest BCUT2D eigenvalue weighted by Gasteiger charge is -2.39. The summed E-state index contributed by atoms with van der Waals surface area (Å²) in [6.45, 7) is 1.95. The number of carbonyl (C=O) groups is 2. The molecular formula is C22H27N3O3. The van der Waals surface area contributed by atoms with E-state index in [0.29, 0.717) is 26.1 Å². The van der Waals surface area contributed by atoms with Crippen molar-refractivity contribution in [2.45, 2.75) is 43.6 Å². The summed E-state index contributed by atoms with van der Waals surface area (Å²) in [4.78, 5) is 26.0. The molecule has 1 aromatic carbocycles. The van der Waals surface area contributed by atoms with E-state index < -0.39 is 0 Å². The minimum absolute atomic E-state index is 0.0227. The molecule has 2 saturated heterocycles. The largest absolute Gasteiger partial charge is 0.469 e. The predicted molar refractivity (Wildman–Crippen MR) is 106 cm³/mol. The lowest BCUT2D eigenvalue weighted by atomic mass is 9.86. The van der Waals surface area contributed by atoms with Gasteiger partial charge in [-0.2, -0.15) is 0 Å². The monoisotopic (exact) mass is 381 g/mol. The number of piperidine rings is 1. The van der Waals surface area contributed by atoms with Gasteiger partial charge in [-0.3, -0.25) is 4.79 Å². The fourth-order valence-electron chi connectivity index (χ4n) is 4.37. The first-order valence-corrected chi connectivity index (χ1v) is 10.1. The molecule has 3 amide bonds. The van der Waals surface area contributed by atoms with Crippen LogP contribution in [0.1, 0.15) is 49.3 Å². The number of hydrogen-bond donors (Lipinski definition) is 2. The SMILES string of the molecule is O=C1CCC2(CCN(C(=O)NCC[C@@H](c3ccccc3)c3ccco3)CC2)N1. The molecule has 0 bridgehead atoms. The summed E-state index contributed by atoms with van der Waals surface area (Å²) in [7, 11) is 0. The number of benzene rings is 1. The number of carbonyl (C=O) groups excluding carboxylic acids is 2. The molecule has 2 aliphatic heterocycles. The van der Waals surface area contributed by atoms with Crippen LogP contribution in [0.2, 0.25) is 0 Å². The number of rotatable bonds is 5. The standard InChI is InChI=1S/C22H27N3O3/c26-20-8-10-22(24-20)11-14-25(15-12-22)21(27)23-13-9-18(19-7-4-16-28-19)17-5-2-1-3-6-17/h1-7,16,18H,8-15H2,(H,23,27)(H,24,26)/t18-/m0/s1. The van der Waals surface area contributed by atoms with E-state index in [2.05, 4.69) is 22.8 Å². The molecule has 2 N–H and O–H groups in total. The van der Waals surface area contributed by atoms with Gasteiger partial charge < -0.3 is 20.0 Å². The molecule has 148 valence electrons. The van der Waals surface area contributed by atoms with Gasteiger partial charge in [0.15, 0.2) is 0 Å². The molecule has 3 heterocycles. The van der Waals surface area contributed by atoms with Crippen LogP contribution in [-0.4, -0.2) is 42.0 Å². The van der Waals surface area contributed by atoms with Gasteiger partial charge in [-0.05, 0) is 43.4 Å². The third-order valence-electron chi connectivity index (χ3n) is 6.04. The Morgan fingerprint density at radius 1 is 1.14 bits per heavy atom. The van der Waals surface area contributed by atoms with E-state index in [0.717, 1.165) is 31.4 Å². The molecule has 28 heavy (non-hydrogen) atoms. The van der Waals surface area contributed by atoms with Crippen molar-refractivity contribution in [2.24, 2.45) is 0 Å². The molecule has 1 aromatic heterocycles. The van der Waals surface area contributed by atoms with Gasteiger partial charge in [-0.15, -0.1) is 0 Å². The van der Waals surface area contributed by atoms with Gasteiger partial charge >= 0.3 is 6.03 Å². The molecular weight excluding hydrogens is 354 g/mol. The number of furan rings is 1.